The van der Waals surface area contributed by atoms with Crippen LogP contribution in [-0.2, 0) is 0 Å². The van der Waals surface area contributed by atoms with Gasteiger partial charge in [0.05, 0.1) is 28.7 Å². The summed E-state index contributed by atoms with van der Waals surface area (Å²) in [5.74, 6) is 2.40. The van der Waals surface area contributed by atoms with Gasteiger partial charge in [-0.05, 0) is 67.4 Å². The van der Waals surface area contributed by atoms with Crippen LogP contribution in [0.4, 0.5) is 0 Å². The highest BCUT2D eigenvalue weighted by molar-refractivity contribution is 6.09. The zero-order chi connectivity index (χ0) is 26.3. The van der Waals surface area contributed by atoms with Gasteiger partial charge in [0.15, 0.2) is 0 Å². The van der Waals surface area contributed by atoms with Crippen LogP contribution in [0.1, 0.15) is 11.1 Å². The molecular formula is C34H26N4O. The summed E-state index contributed by atoms with van der Waals surface area (Å²) in [7, 11) is 0. The molecule has 0 spiro atoms. The number of aryl methyl sites for hydroxylation is 2. The fourth-order valence-electron chi connectivity index (χ4n) is 5.41. The molecule has 0 amide bonds. The predicted molar refractivity (Wildman–Crippen MR) is 157 cm³/mol. The molecule has 7 aromatic rings. The molecule has 0 N–H and O–H groups in total. The Kier molecular flexibility index (Phi) is 5.48. The number of rotatable bonds is 5. The largest absolute Gasteiger partial charge is 0.457 e. The van der Waals surface area contributed by atoms with Crippen molar-refractivity contribution in [3.05, 3.63) is 133 Å². The van der Waals surface area contributed by atoms with Crippen LogP contribution in [0.15, 0.2) is 122 Å². The number of para-hydroxylation sites is 2. The first-order chi connectivity index (χ1) is 19.2. The Balaban J connectivity index is 1.25. The molecule has 5 heteroatoms. The number of hydrogen-bond acceptors (Lipinski definition) is 3. The van der Waals surface area contributed by atoms with Gasteiger partial charge in [0.2, 0.25) is 0 Å². The van der Waals surface area contributed by atoms with Crippen molar-refractivity contribution in [3.8, 4) is 34.3 Å². The lowest BCUT2D eigenvalue weighted by Crippen LogP contribution is -1.96. The Hall–Kier alpha value is -5.16. The average molecular weight is 507 g/mol. The molecule has 39 heavy (non-hydrogen) atoms. The minimum absolute atomic E-state index is 0.758. The van der Waals surface area contributed by atoms with Gasteiger partial charge >= 0.3 is 0 Å². The van der Waals surface area contributed by atoms with Gasteiger partial charge in [-0.1, -0.05) is 54.6 Å². The van der Waals surface area contributed by atoms with Gasteiger partial charge in [-0.2, -0.15) is 0 Å². The van der Waals surface area contributed by atoms with E-state index >= 15 is 0 Å². The Morgan fingerprint density at radius 2 is 1.41 bits per heavy atom. The molecule has 3 heterocycles. The maximum atomic E-state index is 6.40. The lowest BCUT2D eigenvalue weighted by atomic mass is 10.1. The molecule has 5 nitrogen and oxygen atoms in total. The van der Waals surface area contributed by atoms with E-state index in [4.69, 9.17) is 9.72 Å². The molecule has 0 aliphatic carbocycles. The van der Waals surface area contributed by atoms with E-state index in [0.29, 0.717) is 0 Å². The Morgan fingerprint density at radius 1 is 0.641 bits per heavy atom. The minimum atomic E-state index is 0.758. The van der Waals surface area contributed by atoms with Gasteiger partial charge in [-0.15, -0.1) is 0 Å². The van der Waals surface area contributed by atoms with Gasteiger partial charge in [0, 0.05) is 34.8 Å². The lowest BCUT2D eigenvalue weighted by molar-refractivity contribution is 0.483. The number of ether oxygens (including phenoxy) is 1. The monoisotopic (exact) mass is 506 g/mol. The van der Waals surface area contributed by atoms with Crippen LogP contribution < -0.4 is 4.74 Å². The quantitative estimate of drug-likeness (QED) is 0.235. The van der Waals surface area contributed by atoms with Crippen LogP contribution >= 0.6 is 0 Å². The molecule has 0 aliphatic heterocycles. The second-order valence-electron chi connectivity index (χ2n) is 9.76. The highest BCUT2D eigenvalue weighted by atomic mass is 16.5. The van der Waals surface area contributed by atoms with Crippen molar-refractivity contribution in [3.63, 3.8) is 0 Å². The molecule has 188 valence electrons. The summed E-state index contributed by atoms with van der Waals surface area (Å²) < 4.78 is 10.7. The van der Waals surface area contributed by atoms with Crippen LogP contribution in [0.3, 0.4) is 0 Å². The number of hydrogen-bond donors (Lipinski definition) is 0. The third kappa shape index (κ3) is 4.05. The van der Waals surface area contributed by atoms with E-state index in [1.807, 2.05) is 55.0 Å². The number of aromatic nitrogens is 4. The fraction of sp³-hybridized carbons (Fsp3) is 0.0588. The first-order valence-corrected chi connectivity index (χ1v) is 13.0. The first-order valence-electron chi connectivity index (χ1n) is 13.0. The van der Waals surface area contributed by atoms with E-state index in [-0.39, 0.29) is 0 Å². The van der Waals surface area contributed by atoms with Crippen molar-refractivity contribution in [2.45, 2.75) is 13.8 Å². The summed E-state index contributed by atoms with van der Waals surface area (Å²) in [5, 5.41) is 2.35. The molecule has 0 saturated carbocycles. The topological polar surface area (TPSA) is 44.9 Å². The maximum absolute atomic E-state index is 6.40. The van der Waals surface area contributed by atoms with Crippen LogP contribution in [0.25, 0.3) is 44.6 Å². The van der Waals surface area contributed by atoms with Crippen LogP contribution in [0.5, 0.6) is 11.5 Å². The summed E-state index contributed by atoms with van der Waals surface area (Å²) in [6.45, 7) is 4.25. The van der Waals surface area contributed by atoms with Gasteiger partial charge in [0.25, 0.3) is 0 Å². The SMILES string of the molecule is Cc1cccc(C)c1-n1cnc(-c2cccc(Oc3ccc4c5ccccc5n(-c5ccccn5)c4c3)c2)c1. The Bertz CT molecular complexity index is 1950. The molecule has 0 atom stereocenters. The van der Waals surface area contributed by atoms with Crippen LogP contribution in [0, 0.1) is 13.8 Å². The third-order valence-electron chi connectivity index (χ3n) is 7.17. The van der Waals surface area contributed by atoms with Crippen molar-refractivity contribution in [2.24, 2.45) is 0 Å². The molecule has 0 unspecified atom stereocenters. The van der Waals surface area contributed by atoms with E-state index in [2.05, 4.69) is 94.8 Å². The molecule has 3 aromatic heterocycles. The molecule has 0 bridgehead atoms. The number of imidazole rings is 1. The second-order valence-corrected chi connectivity index (χ2v) is 9.76. The van der Waals surface area contributed by atoms with E-state index in [0.717, 1.165) is 45.0 Å². The van der Waals surface area contributed by atoms with Gasteiger partial charge in [-0.25, -0.2) is 9.97 Å². The van der Waals surface area contributed by atoms with E-state index in [1.165, 1.54) is 22.2 Å². The molecular weight excluding hydrogens is 480 g/mol. The lowest BCUT2D eigenvalue weighted by Gasteiger charge is -2.10. The molecule has 0 fully saturated rings. The van der Waals surface area contributed by atoms with Crippen molar-refractivity contribution in [2.75, 3.05) is 0 Å². The van der Waals surface area contributed by atoms with E-state index in [9.17, 15) is 0 Å². The molecule has 4 aromatic carbocycles. The van der Waals surface area contributed by atoms with Gasteiger partial charge in [0.1, 0.15) is 17.3 Å². The van der Waals surface area contributed by atoms with Gasteiger partial charge in [-0.3, -0.25) is 4.57 Å². The molecule has 7 rings (SSSR count). The summed E-state index contributed by atoms with van der Waals surface area (Å²) in [4.78, 5) is 9.33. The Morgan fingerprint density at radius 3 is 2.26 bits per heavy atom. The normalized spacial score (nSPS) is 11.3. The fourth-order valence-corrected chi connectivity index (χ4v) is 5.41. The zero-order valence-corrected chi connectivity index (χ0v) is 21.7. The number of benzene rings is 4. The number of nitrogens with zero attached hydrogens (tertiary/aromatic N) is 4. The summed E-state index contributed by atoms with van der Waals surface area (Å²) >= 11 is 0. The molecule has 0 radical (unpaired) electrons. The van der Waals surface area contributed by atoms with E-state index < -0.39 is 0 Å². The summed E-state index contributed by atoms with van der Waals surface area (Å²) in [5.41, 5.74) is 7.67. The molecule has 0 saturated heterocycles. The maximum Gasteiger partial charge on any atom is 0.137 e. The summed E-state index contributed by atoms with van der Waals surface area (Å²) in [6.07, 6.45) is 5.78. The van der Waals surface area contributed by atoms with Crippen molar-refractivity contribution in [1.82, 2.24) is 19.1 Å². The highest BCUT2D eigenvalue weighted by Gasteiger charge is 2.14. The third-order valence-corrected chi connectivity index (χ3v) is 7.17. The van der Waals surface area contributed by atoms with E-state index in [1.54, 1.807) is 0 Å². The average Bonchev–Trinajstić information content (AvgIpc) is 3.57. The number of pyridine rings is 1. The standard InChI is InChI=1S/C34H26N4O/c1-23-9-7-10-24(2)34(23)37-21-30(36-22-37)25-11-8-12-26(19-25)39-27-16-17-29-28-13-3-4-14-31(28)38(32(29)20-27)33-15-5-6-18-35-33/h3-22H,1-2H3. The van der Waals surface area contributed by atoms with Gasteiger partial charge < -0.3 is 9.30 Å². The van der Waals surface area contributed by atoms with Crippen molar-refractivity contribution >= 4 is 21.8 Å². The van der Waals surface area contributed by atoms with Crippen molar-refractivity contribution < 1.29 is 4.74 Å². The number of fused-ring (bicyclic) bond motifs is 3. The second kappa shape index (κ2) is 9.30. The minimum Gasteiger partial charge on any atom is -0.457 e. The first kappa shape index (κ1) is 23.0. The highest BCUT2D eigenvalue weighted by Crippen LogP contribution is 2.35. The smallest absolute Gasteiger partial charge is 0.137 e. The predicted octanol–water partition coefficient (Wildman–Crippen LogP) is 8.44. The Labute approximate surface area is 226 Å². The molecule has 0 aliphatic rings. The van der Waals surface area contributed by atoms with Crippen LogP contribution in [0.2, 0.25) is 0 Å². The van der Waals surface area contributed by atoms with Crippen molar-refractivity contribution in [1.29, 1.82) is 0 Å². The zero-order valence-electron chi connectivity index (χ0n) is 21.7. The summed E-state index contributed by atoms with van der Waals surface area (Å²) in [6, 6.07) is 35.0. The van der Waals surface area contributed by atoms with Crippen LogP contribution in [-0.4, -0.2) is 19.1 Å².